The number of halogens is 1. The largest absolute Gasteiger partial charge is 0.513 e. The summed E-state index contributed by atoms with van der Waals surface area (Å²) < 4.78 is 9.67. The van der Waals surface area contributed by atoms with Gasteiger partial charge in [0.1, 0.15) is 5.75 Å². The van der Waals surface area contributed by atoms with E-state index in [4.69, 9.17) is 16.3 Å². The van der Waals surface area contributed by atoms with Crippen LogP contribution < -0.4 is 9.64 Å². The molecule has 2 rings (SSSR count). The Morgan fingerprint density at radius 2 is 1.90 bits per heavy atom. The Morgan fingerprint density at radius 1 is 1.25 bits per heavy atom. The number of likely N-dealkylation sites (N-methyl/N-ethyl adjacent to an activating group) is 1. The minimum Gasteiger partial charge on any atom is -0.437 e. The number of methoxy groups -OCH3 is 1. The standard InChI is InChI=1S/C14H19ClN2O3/c1-10-12(15)8-11(9-13(10)20-14(18)19-3)17-6-4-16(2)5-7-17/h8-9H,4-7H2,1-3H3. The quantitative estimate of drug-likeness (QED) is 0.620. The van der Waals surface area contributed by atoms with Crippen LogP contribution in [-0.2, 0) is 4.74 Å². The van der Waals surface area contributed by atoms with E-state index < -0.39 is 6.16 Å². The van der Waals surface area contributed by atoms with Crippen LogP contribution >= 0.6 is 11.6 Å². The van der Waals surface area contributed by atoms with E-state index in [1.807, 2.05) is 19.1 Å². The van der Waals surface area contributed by atoms with E-state index >= 15 is 0 Å². The number of hydrogen-bond acceptors (Lipinski definition) is 5. The fourth-order valence-corrected chi connectivity index (χ4v) is 2.33. The van der Waals surface area contributed by atoms with Gasteiger partial charge in [0.2, 0.25) is 0 Å². The summed E-state index contributed by atoms with van der Waals surface area (Å²) in [5.74, 6) is 0.443. The van der Waals surface area contributed by atoms with E-state index in [1.54, 1.807) is 0 Å². The van der Waals surface area contributed by atoms with Crippen LogP contribution in [0, 0.1) is 6.92 Å². The van der Waals surface area contributed by atoms with Gasteiger partial charge in [-0.3, -0.25) is 0 Å². The molecule has 1 aliphatic heterocycles. The van der Waals surface area contributed by atoms with Crippen LogP contribution in [0.5, 0.6) is 5.75 Å². The highest BCUT2D eigenvalue weighted by Gasteiger charge is 2.18. The molecule has 110 valence electrons. The fourth-order valence-electron chi connectivity index (χ4n) is 2.12. The van der Waals surface area contributed by atoms with Gasteiger partial charge in [-0.25, -0.2) is 4.79 Å². The first-order chi connectivity index (χ1) is 9.51. The number of anilines is 1. The summed E-state index contributed by atoms with van der Waals surface area (Å²) in [5, 5.41) is 0.584. The van der Waals surface area contributed by atoms with Crippen LogP contribution in [0.15, 0.2) is 12.1 Å². The van der Waals surface area contributed by atoms with Crippen LogP contribution in [0.2, 0.25) is 5.02 Å². The van der Waals surface area contributed by atoms with E-state index in [0.29, 0.717) is 10.8 Å². The van der Waals surface area contributed by atoms with Crippen LogP contribution in [0.4, 0.5) is 10.5 Å². The molecule has 1 fully saturated rings. The van der Waals surface area contributed by atoms with E-state index in [2.05, 4.69) is 21.6 Å². The molecule has 0 bridgehead atoms. The van der Waals surface area contributed by atoms with Crippen LogP contribution in [-0.4, -0.2) is 51.4 Å². The van der Waals surface area contributed by atoms with Crippen molar-refractivity contribution in [3.63, 3.8) is 0 Å². The molecule has 0 saturated carbocycles. The zero-order valence-electron chi connectivity index (χ0n) is 12.0. The number of rotatable bonds is 2. The minimum atomic E-state index is -0.736. The maximum atomic E-state index is 11.3. The maximum absolute atomic E-state index is 11.3. The third-order valence-corrected chi connectivity index (χ3v) is 3.90. The zero-order chi connectivity index (χ0) is 14.7. The molecule has 1 saturated heterocycles. The van der Waals surface area contributed by atoms with Crippen molar-refractivity contribution >= 4 is 23.4 Å². The van der Waals surface area contributed by atoms with Gasteiger partial charge in [-0.05, 0) is 20.0 Å². The lowest BCUT2D eigenvalue weighted by atomic mass is 10.1. The van der Waals surface area contributed by atoms with Crippen molar-refractivity contribution in [2.45, 2.75) is 6.92 Å². The van der Waals surface area contributed by atoms with Crippen molar-refractivity contribution in [3.05, 3.63) is 22.7 Å². The highest BCUT2D eigenvalue weighted by atomic mass is 35.5. The predicted octanol–water partition coefficient (Wildman–Crippen LogP) is 2.55. The van der Waals surface area contributed by atoms with Crippen molar-refractivity contribution < 1.29 is 14.3 Å². The van der Waals surface area contributed by atoms with Gasteiger partial charge < -0.3 is 19.3 Å². The average molecular weight is 299 g/mol. The number of ether oxygens (including phenoxy) is 2. The van der Waals surface area contributed by atoms with Gasteiger partial charge in [0, 0.05) is 48.5 Å². The Labute approximate surface area is 124 Å². The molecule has 20 heavy (non-hydrogen) atoms. The predicted molar refractivity (Wildman–Crippen MR) is 78.9 cm³/mol. The van der Waals surface area contributed by atoms with Gasteiger partial charge in [0.25, 0.3) is 0 Å². The minimum absolute atomic E-state index is 0.443. The fraction of sp³-hybridized carbons (Fsp3) is 0.500. The molecule has 0 unspecified atom stereocenters. The van der Waals surface area contributed by atoms with Crippen molar-refractivity contribution in [1.29, 1.82) is 0 Å². The average Bonchev–Trinajstić information content (AvgIpc) is 2.44. The highest BCUT2D eigenvalue weighted by Crippen LogP contribution is 2.32. The van der Waals surface area contributed by atoms with Crippen molar-refractivity contribution in [2.24, 2.45) is 0 Å². The molecule has 0 aromatic heterocycles. The first kappa shape index (κ1) is 14.9. The number of benzene rings is 1. The van der Waals surface area contributed by atoms with Gasteiger partial charge in [-0.15, -0.1) is 0 Å². The summed E-state index contributed by atoms with van der Waals surface area (Å²) in [6.45, 7) is 5.66. The second kappa shape index (κ2) is 6.33. The van der Waals surface area contributed by atoms with Gasteiger partial charge in [-0.2, -0.15) is 0 Å². The van der Waals surface area contributed by atoms with Crippen molar-refractivity contribution in [2.75, 3.05) is 45.2 Å². The molecule has 0 radical (unpaired) electrons. The zero-order valence-corrected chi connectivity index (χ0v) is 12.7. The lowest BCUT2D eigenvalue weighted by Gasteiger charge is -2.34. The van der Waals surface area contributed by atoms with Crippen LogP contribution in [0.1, 0.15) is 5.56 Å². The van der Waals surface area contributed by atoms with Gasteiger partial charge in [0.15, 0.2) is 0 Å². The monoisotopic (exact) mass is 298 g/mol. The smallest absolute Gasteiger partial charge is 0.437 e. The van der Waals surface area contributed by atoms with Crippen molar-refractivity contribution in [3.8, 4) is 5.75 Å². The van der Waals surface area contributed by atoms with Gasteiger partial charge in [0.05, 0.1) is 7.11 Å². The molecule has 0 spiro atoms. The topological polar surface area (TPSA) is 42.0 Å². The lowest BCUT2D eigenvalue weighted by Crippen LogP contribution is -2.44. The van der Waals surface area contributed by atoms with E-state index in [9.17, 15) is 4.79 Å². The Kier molecular flexibility index (Phi) is 4.73. The molecule has 0 N–H and O–H groups in total. The maximum Gasteiger partial charge on any atom is 0.513 e. The SMILES string of the molecule is COC(=O)Oc1cc(N2CCN(C)CC2)cc(Cl)c1C. The Bertz CT molecular complexity index is 499. The normalized spacial score (nSPS) is 16.1. The summed E-state index contributed by atoms with van der Waals surface area (Å²) in [4.78, 5) is 15.8. The molecule has 5 nitrogen and oxygen atoms in total. The first-order valence-corrected chi connectivity index (χ1v) is 6.88. The second-order valence-electron chi connectivity index (χ2n) is 4.90. The molecule has 0 amide bonds. The molecule has 1 aromatic rings. The summed E-state index contributed by atoms with van der Waals surface area (Å²) in [5.41, 5.74) is 1.70. The Balaban J connectivity index is 2.23. The summed E-state index contributed by atoms with van der Waals surface area (Å²) in [6, 6.07) is 3.75. The first-order valence-electron chi connectivity index (χ1n) is 6.50. The Morgan fingerprint density at radius 3 is 2.50 bits per heavy atom. The van der Waals surface area contributed by atoms with Crippen LogP contribution in [0.25, 0.3) is 0 Å². The van der Waals surface area contributed by atoms with E-state index in [-0.39, 0.29) is 0 Å². The summed E-state index contributed by atoms with van der Waals surface area (Å²) in [7, 11) is 3.38. The number of piperazine rings is 1. The van der Waals surface area contributed by atoms with Crippen molar-refractivity contribution in [1.82, 2.24) is 4.90 Å². The molecule has 0 atom stereocenters. The van der Waals surface area contributed by atoms with Gasteiger partial charge >= 0.3 is 6.16 Å². The van der Waals surface area contributed by atoms with E-state index in [1.165, 1.54) is 7.11 Å². The summed E-state index contributed by atoms with van der Waals surface area (Å²) in [6.07, 6.45) is -0.736. The molecular formula is C14H19ClN2O3. The third-order valence-electron chi connectivity index (χ3n) is 3.51. The van der Waals surface area contributed by atoms with E-state index in [0.717, 1.165) is 37.4 Å². The Hall–Kier alpha value is -1.46. The molecule has 0 aliphatic carbocycles. The molecule has 1 aliphatic rings. The molecule has 1 heterocycles. The third kappa shape index (κ3) is 3.35. The van der Waals surface area contributed by atoms with Crippen LogP contribution in [0.3, 0.4) is 0 Å². The molecular weight excluding hydrogens is 280 g/mol. The van der Waals surface area contributed by atoms with Gasteiger partial charge in [-0.1, -0.05) is 11.6 Å². The lowest BCUT2D eigenvalue weighted by molar-refractivity contribution is 0.121. The number of nitrogens with zero attached hydrogens (tertiary/aromatic N) is 2. The summed E-state index contributed by atoms with van der Waals surface area (Å²) >= 11 is 6.22. The number of hydrogen-bond donors (Lipinski definition) is 0. The highest BCUT2D eigenvalue weighted by molar-refractivity contribution is 6.31. The number of carbonyl (C=O) groups excluding carboxylic acids is 1. The molecule has 6 heteroatoms. The second-order valence-corrected chi connectivity index (χ2v) is 5.30. The number of carbonyl (C=O) groups is 1. The molecule has 1 aromatic carbocycles.